The number of aliphatic hydroxyl groups excluding tert-OH is 1. The summed E-state index contributed by atoms with van der Waals surface area (Å²) in [5.74, 6) is -0.195. The second-order valence-corrected chi connectivity index (χ2v) is 6.47. The maximum Gasteiger partial charge on any atom is 0.214 e. The van der Waals surface area contributed by atoms with Crippen LogP contribution in [0.2, 0.25) is 0 Å². The van der Waals surface area contributed by atoms with Gasteiger partial charge in [0.25, 0.3) is 0 Å². The zero-order chi connectivity index (χ0) is 10.8. The van der Waals surface area contributed by atoms with Gasteiger partial charge in [0.2, 0.25) is 10.0 Å². The molecular formula is C9H19NO3S. The SMILES string of the molecule is CC1(C)CCCC1NS(=O)(=O)CCO. The molecular weight excluding hydrogens is 202 g/mol. The van der Waals surface area contributed by atoms with E-state index in [0.717, 1.165) is 19.3 Å². The summed E-state index contributed by atoms with van der Waals surface area (Å²) in [7, 11) is -3.29. The Morgan fingerprint density at radius 1 is 1.50 bits per heavy atom. The molecule has 5 heteroatoms. The van der Waals surface area contributed by atoms with Crippen molar-refractivity contribution in [3.05, 3.63) is 0 Å². The molecule has 1 fully saturated rings. The molecule has 2 N–H and O–H groups in total. The molecule has 0 amide bonds. The van der Waals surface area contributed by atoms with Crippen LogP contribution in [0.1, 0.15) is 33.1 Å². The lowest BCUT2D eigenvalue weighted by Gasteiger charge is -2.27. The molecule has 1 unspecified atom stereocenters. The normalized spacial score (nSPS) is 26.6. The first-order valence-electron chi connectivity index (χ1n) is 4.98. The topological polar surface area (TPSA) is 66.4 Å². The van der Waals surface area contributed by atoms with Crippen molar-refractivity contribution in [1.29, 1.82) is 0 Å². The van der Waals surface area contributed by atoms with Crippen molar-refractivity contribution in [1.82, 2.24) is 4.72 Å². The van der Waals surface area contributed by atoms with E-state index in [4.69, 9.17) is 5.11 Å². The number of rotatable bonds is 4. The summed E-state index contributed by atoms with van der Waals surface area (Å²) in [4.78, 5) is 0. The van der Waals surface area contributed by atoms with Crippen LogP contribution in [0.25, 0.3) is 0 Å². The Morgan fingerprint density at radius 2 is 2.14 bits per heavy atom. The lowest BCUT2D eigenvalue weighted by molar-refractivity contribution is 0.305. The molecule has 0 saturated heterocycles. The van der Waals surface area contributed by atoms with Gasteiger partial charge in [0.15, 0.2) is 0 Å². The predicted molar refractivity (Wildman–Crippen MR) is 55.4 cm³/mol. The highest BCUT2D eigenvalue weighted by molar-refractivity contribution is 7.89. The molecule has 1 rings (SSSR count). The third-order valence-corrected chi connectivity index (χ3v) is 4.30. The van der Waals surface area contributed by atoms with Crippen LogP contribution in [0.4, 0.5) is 0 Å². The number of aliphatic hydroxyl groups is 1. The van der Waals surface area contributed by atoms with Gasteiger partial charge in [-0.2, -0.15) is 0 Å². The lowest BCUT2D eigenvalue weighted by Crippen LogP contribution is -2.42. The van der Waals surface area contributed by atoms with Crippen LogP contribution in [0.5, 0.6) is 0 Å². The molecule has 0 aromatic rings. The average Bonchev–Trinajstić information content (AvgIpc) is 2.29. The number of nitrogens with one attached hydrogen (secondary N) is 1. The van der Waals surface area contributed by atoms with Crippen LogP contribution in [-0.4, -0.2) is 31.9 Å². The van der Waals surface area contributed by atoms with E-state index in [1.807, 2.05) is 0 Å². The van der Waals surface area contributed by atoms with Gasteiger partial charge in [-0.1, -0.05) is 20.3 Å². The van der Waals surface area contributed by atoms with Crippen LogP contribution in [0.3, 0.4) is 0 Å². The maximum atomic E-state index is 11.4. The molecule has 4 nitrogen and oxygen atoms in total. The molecule has 1 aliphatic carbocycles. The van der Waals surface area contributed by atoms with E-state index in [1.165, 1.54) is 0 Å². The van der Waals surface area contributed by atoms with Crippen molar-refractivity contribution in [2.45, 2.75) is 39.2 Å². The molecule has 0 spiro atoms. The van der Waals surface area contributed by atoms with Gasteiger partial charge in [-0.25, -0.2) is 13.1 Å². The molecule has 0 aromatic heterocycles. The van der Waals surface area contributed by atoms with E-state index in [9.17, 15) is 8.42 Å². The first kappa shape index (κ1) is 11.9. The zero-order valence-corrected chi connectivity index (χ0v) is 9.60. The van der Waals surface area contributed by atoms with Gasteiger partial charge in [-0.05, 0) is 18.3 Å². The first-order chi connectivity index (χ1) is 6.37. The molecule has 0 aromatic carbocycles. The van der Waals surface area contributed by atoms with Crippen LogP contribution < -0.4 is 4.72 Å². The summed E-state index contributed by atoms with van der Waals surface area (Å²) in [6, 6.07) is 0.0269. The highest BCUT2D eigenvalue weighted by Crippen LogP contribution is 2.37. The van der Waals surface area contributed by atoms with Crippen LogP contribution in [0, 0.1) is 5.41 Å². The fraction of sp³-hybridized carbons (Fsp3) is 1.00. The fourth-order valence-electron chi connectivity index (χ4n) is 1.94. The summed E-state index contributed by atoms with van der Waals surface area (Å²) in [5.41, 5.74) is 0.0442. The Morgan fingerprint density at radius 3 is 2.57 bits per heavy atom. The van der Waals surface area contributed by atoms with Crippen LogP contribution in [-0.2, 0) is 10.0 Å². The third-order valence-electron chi connectivity index (χ3n) is 2.94. The highest BCUT2D eigenvalue weighted by Gasteiger charge is 2.36. The lowest BCUT2D eigenvalue weighted by atomic mass is 9.88. The van der Waals surface area contributed by atoms with Gasteiger partial charge < -0.3 is 5.11 Å². The van der Waals surface area contributed by atoms with Crippen LogP contribution in [0.15, 0.2) is 0 Å². The quantitative estimate of drug-likeness (QED) is 0.725. The molecule has 1 aliphatic rings. The molecule has 0 aliphatic heterocycles. The third kappa shape index (κ3) is 2.93. The largest absolute Gasteiger partial charge is 0.395 e. The summed E-state index contributed by atoms with van der Waals surface area (Å²) in [6.45, 7) is 3.83. The van der Waals surface area contributed by atoms with E-state index in [0.29, 0.717) is 0 Å². The smallest absolute Gasteiger partial charge is 0.214 e. The number of hydrogen-bond donors (Lipinski definition) is 2. The molecule has 14 heavy (non-hydrogen) atoms. The van der Waals surface area contributed by atoms with E-state index in [2.05, 4.69) is 18.6 Å². The molecule has 0 heterocycles. The van der Waals surface area contributed by atoms with Crippen molar-refractivity contribution in [2.24, 2.45) is 5.41 Å². The minimum absolute atomic E-state index is 0.0269. The molecule has 84 valence electrons. The minimum Gasteiger partial charge on any atom is -0.395 e. The summed E-state index contributed by atoms with van der Waals surface area (Å²) in [6.07, 6.45) is 3.02. The van der Waals surface area contributed by atoms with E-state index in [1.54, 1.807) is 0 Å². The van der Waals surface area contributed by atoms with Gasteiger partial charge in [-0.3, -0.25) is 0 Å². The molecule has 0 radical (unpaired) electrons. The molecule has 1 atom stereocenters. The van der Waals surface area contributed by atoms with Gasteiger partial charge in [-0.15, -0.1) is 0 Å². The highest BCUT2D eigenvalue weighted by atomic mass is 32.2. The van der Waals surface area contributed by atoms with E-state index in [-0.39, 0.29) is 23.8 Å². The van der Waals surface area contributed by atoms with Crippen molar-refractivity contribution in [3.63, 3.8) is 0 Å². The Labute approximate surface area is 85.8 Å². The Bertz CT molecular complexity index is 284. The molecule has 0 bridgehead atoms. The number of sulfonamides is 1. The average molecular weight is 221 g/mol. The Balaban J connectivity index is 2.60. The number of hydrogen-bond acceptors (Lipinski definition) is 3. The maximum absolute atomic E-state index is 11.4. The van der Waals surface area contributed by atoms with Gasteiger partial charge >= 0.3 is 0 Å². The Kier molecular flexibility index (Phi) is 3.55. The zero-order valence-electron chi connectivity index (χ0n) is 8.78. The second-order valence-electron chi connectivity index (χ2n) is 4.59. The summed E-state index contributed by atoms with van der Waals surface area (Å²) >= 11 is 0. The first-order valence-corrected chi connectivity index (χ1v) is 6.63. The summed E-state index contributed by atoms with van der Waals surface area (Å²) in [5, 5.41) is 8.59. The predicted octanol–water partition coefficient (Wildman–Crippen LogP) is 0.477. The standard InChI is InChI=1S/C9H19NO3S/c1-9(2)5-3-4-8(9)10-14(12,13)7-6-11/h8,10-11H,3-7H2,1-2H3. The van der Waals surface area contributed by atoms with E-state index < -0.39 is 10.0 Å². The van der Waals surface area contributed by atoms with Crippen molar-refractivity contribution >= 4 is 10.0 Å². The fourth-order valence-corrected chi connectivity index (χ4v) is 3.17. The van der Waals surface area contributed by atoms with Crippen molar-refractivity contribution in [2.75, 3.05) is 12.4 Å². The molecule has 1 saturated carbocycles. The van der Waals surface area contributed by atoms with Crippen LogP contribution >= 0.6 is 0 Å². The van der Waals surface area contributed by atoms with Crippen molar-refractivity contribution < 1.29 is 13.5 Å². The monoisotopic (exact) mass is 221 g/mol. The van der Waals surface area contributed by atoms with Gasteiger partial charge in [0.1, 0.15) is 0 Å². The van der Waals surface area contributed by atoms with Gasteiger partial charge in [0.05, 0.1) is 12.4 Å². The van der Waals surface area contributed by atoms with E-state index >= 15 is 0 Å². The minimum atomic E-state index is -3.29. The Hall–Kier alpha value is -0.130. The summed E-state index contributed by atoms with van der Waals surface area (Å²) < 4.78 is 25.5. The second kappa shape index (κ2) is 4.16. The van der Waals surface area contributed by atoms with Crippen molar-refractivity contribution in [3.8, 4) is 0 Å². The van der Waals surface area contributed by atoms with Gasteiger partial charge in [0, 0.05) is 6.04 Å².